The van der Waals surface area contributed by atoms with Crippen LogP contribution in [0.25, 0.3) is 0 Å². The predicted molar refractivity (Wildman–Crippen MR) is 98.0 cm³/mol. The summed E-state index contributed by atoms with van der Waals surface area (Å²) in [6.45, 7) is 7.47. The maximum absolute atomic E-state index is 11.7. The van der Waals surface area contributed by atoms with Gasteiger partial charge < -0.3 is 18.9 Å². The Bertz CT molecular complexity index is 688. The van der Waals surface area contributed by atoms with Crippen molar-refractivity contribution in [3.63, 3.8) is 0 Å². The number of rotatable bonds is 5. The zero-order valence-electron chi connectivity index (χ0n) is 16.0. The van der Waals surface area contributed by atoms with E-state index in [1.807, 2.05) is 31.2 Å². The maximum atomic E-state index is 11.7. The molecule has 27 heavy (non-hydrogen) atoms. The summed E-state index contributed by atoms with van der Waals surface area (Å²) < 4.78 is 22.1. The number of ether oxygens (including phenoxy) is 4. The average Bonchev–Trinajstić information content (AvgIpc) is 2.55. The highest BCUT2D eigenvalue weighted by Gasteiger charge is 2.50. The number of hydrogen-bond donors (Lipinski definition) is 0. The molecule has 1 heterocycles. The summed E-state index contributed by atoms with van der Waals surface area (Å²) in [7, 11) is 0. The Morgan fingerprint density at radius 2 is 1.33 bits per heavy atom. The second-order valence-electron chi connectivity index (χ2n) is 6.36. The minimum Gasteiger partial charge on any atom is -0.456 e. The van der Waals surface area contributed by atoms with Crippen LogP contribution in [0, 0.1) is 6.92 Å². The highest BCUT2D eigenvalue weighted by atomic mass is 32.2. The molecular formula is C19H24O7S. The number of carbonyl (C=O) groups excluding carboxylic acids is 3. The molecule has 0 spiro atoms. The van der Waals surface area contributed by atoms with E-state index in [4.69, 9.17) is 18.9 Å². The molecule has 0 bridgehead atoms. The molecule has 2 rings (SSSR count). The fourth-order valence-corrected chi connectivity index (χ4v) is 3.95. The largest absolute Gasteiger partial charge is 0.456 e. The van der Waals surface area contributed by atoms with E-state index in [0.29, 0.717) is 0 Å². The Hall–Kier alpha value is -2.06. The topological polar surface area (TPSA) is 88.1 Å². The molecule has 5 atom stereocenters. The number of thioether (sulfide) groups is 1. The van der Waals surface area contributed by atoms with Crippen molar-refractivity contribution >= 4 is 29.7 Å². The number of aryl methyl sites for hydroxylation is 1. The molecule has 0 unspecified atom stereocenters. The number of carbonyl (C=O) groups is 3. The Morgan fingerprint density at radius 1 is 0.852 bits per heavy atom. The van der Waals surface area contributed by atoms with Gasteiger partial charge in [-0.2, -0.15) is 0 Å². The van der Waals surface area contributed by atoms with Gasteiger partial charge in [0.05, 0.1) is 6.10 Å². The summed E-state index contributed by atoms with van der Waals surface area (Å²) in [5.74, 6) is -1.66. The molecular weight excluding hydrogens is 372 g/mol. The number of esters is 3. The second kappa shape index (κ2) is 9.23. The first-order chi connectivity index (χ1) is 12.7. The summed E-state index contributed by atoms with van der Waals surface area (Å²) >= 11 is 1.35. The van der Waals surface area contributed by atoms with Crippen molar-refractivity contribution in [3.8, 4) is 0 Å². The molecule has 7 nitrogen and oxygen atoms in total. The summed E-state index contributed by atoms with van der Waals surface area (Å²) in [5.41, 5.74) is 0.476. The quantitative estimate of drug-likeness (QED) is 0.554. The van der Waals surface area contributed by atoms with E-state index in [0.717, 1.165) is 10.5 Å². The molecule has 1 aromatic carbocycles. The Labute approximate surface area is 162 Å². The lowest BCUT2D eigenvalue weighted by Crippen LogP contribution is -2.59. The SMILES string of the molecule is CC(=O)O[C@@H]1[C@@H](OC(C)=O)[C@H](C)O[C@@H](Sc2ccc(C)cc2)[C@H]1OC(C)=O. The zero-order chi connectivity index (χ0) is 20.1. The highest BCUT2D eigenvalue weighted by molar-refractivity contribution is 7.99. The van der Waals surface area contributed by atoms with Crippen molar-refractivity contribution in [3.05, 3.63) is 29.8 Å². The summed E-state index contributed by atoms with van der Waals surface area (Å²) in [5, 5.41) is 0. The molecule has 1 fully saturated rings. The fraction of sp³-hybridized carbons (Fsp3) is 0.526. The van der Waals surface area contributed by atoms with Crippen LogP contribution in [0.4, 0.5) is 0 Å². The third-order valence-electron chi connectivity index (χ3n) is 3.91. The third-order valence-corrected chi connectivity index (χ3v) is 5.06. The van der Waals surface area contributed by atoms with Crippen LogP contribution in [-0.4, -0.2) is 47.8 Å². The lowest BCUT2D eigenvalue weighted by atomic mass is 10.00. The average molecular weight is 396 g/mol. The first-order valence-electron chi connectivity index (χ1n) is 8.58. The molecule has 1 aromatic rings. The van der Waals surface area contributed by atoms with Gasteiger partial charge in [0.1, 0.15) is 5.44 Å². The van der Waals surface area contributed by atoms with Gasteiger partial charge in [0, 0.05) is 25.7 Å². The molecule has 0 N–H and O–H groups in total. The molecule has 0 amide bonds. The van der Waals surface area contributed by atoms with Crippen molar-refractivity contribution in [2.45, 2.75) is 69.4 Å². The molecule has 8 heteroatoms. The van der Waals surface area contributed by atoms with Crippen LogP contribution >= 0.6 is 11.8 Å². The van der Waals surface area contributed by atoms with Crippen LogP contribution in [0.5, 0.6) is 0 Å². The van der Waals surface area contributed by atoms with Crippen LogP contribution in [0.15, 0.2) is 29.2 Å². The predicted octanol–water partition coefficient (Wildman–Crippen LogP) is 2.63. The second-order valence-corrected chi connectivity index (χ2v) is 7.53. The Kier molecular flexibility index (Phi) is 7.26. The smallest absolute Gasteiger partial charge is 0.303 e. The van der Waals surface area contributed by atoms with Crippen molar-refractivity contribution in [2.75, 3.05) is 0 Å². The van der Waals surface area contributed by atoms with E-state index >= 15 is 0 Å². The molecule has 0 aliphatic carbocycles. The Morgan fingerprint density at radius 3 is 1.85 bits per heavy atom. The lowest BCUT2D eigenvalue weighted by Gasteiger charge is -2.43. The Balaban J connectivity index is 2.33. The molecule has 0 radical (unpaired) electrons. The lowest BCUT2D eigenvalue weighted by molar-refractivity contribution is -0.229. The zero-order valence-corrected chi connectivity index (χ0v) is 16.8. The van der Waals surface area contributed by atoms with Crippen LogP contribution < -0.4 is 0 Å². The van der Waals surface area contributed by atoms with E-state index in [-0.39, 0.29) is 0 Å². The first-order valence-corrected chi connectivity index (χ1v) is 9.45. The third kappa shape index (κ3) is 5.97. The first kappa shape index (κ1) is 21.2. The van der Waals surface area contributed by atoms with Crippen LogP contribution in [0.3, 0.4) is 0 Å². The van der Waals surface area contributed by atoms with Crippen LogP contribution in [-0.2, 0) is 33.3 Å². The van der Waals surface area contributed by atoms with E-state index in [2.05, 4.69) is 0 Å². The molecule has 0 aromatic heterocycles. The molecule has 1 aliphatic heterocycles. The van der Waals surface area contributed by atoms with Crippen LogP contribution in [0.1, 0.15) is 33.3 Å². The summed E-state index contributed by atoms with van der Waals surface area (Å²) in [4.78, 5) is 35.7. The standard InChI is InChI=1S/C19H24O7S/c1-10-6-8-15(9-7-10)27-19-18(26-14(5)22)17(25-13(4)21)16(11(2)23-19)24-12(3)20/h6-9,11,16-19H,1-5H3/t11-,16-,17+,18-,19-/m0/s1. The molecule has 1 saturated heterocycles. The van der Waals surface area contributed by atoms with Gasteiger partial charge in [-0.1, -0.05) is 29.5 Å². The van der Waals surface area contributed by atoms with E-state index in [1.54, 1.807) is 6.92 Å². The van der Waals surface area contributed by atoms with Gasteiger partial charge in [0.15, 0.2) is 18.3 Å². The number of hydrogen-bond acceptors (Lipinski definition) is 8. The van der Waals surface area contributed by atoms with Crippen LogP contribution in [0.2, 0.25) is 0 Å². The van der Waals surface area contributed by atoms with Crippen molar-refractivity contribution < 1.29 is 33.3 Å². The van der Waals surface area contributed by atoms with Gasteiger partial charge in [0.25, 0.3) is 0 Å². The van der Waals surface area contributed by atoms with Crippen molar-refractivity contribution in [1.29, 1.82) is 0 Å². The van der Waals surface area contributed by atoms with E-state index < -0.39 is 47.8 Å². The van der Waals surface area contributed by atoms with Gasteiger partial charge in [-0.25, -0.2) is 0 Å². The van der Waals surface area contributed by atoms with E-state index in [9.17, 15) is 14.4 Å². The van der Waals surface area contributed by atoms with Gasteiger partial charge in [0.2, 0.25) is 0 Å². The van der Waals surface area contributed by atoms with Gasteiger partial charge in [-0.3, -0.25) is 14.4 Å². The van der Waals surface area contributed by atoms with E-state index in [1.165, 1.54) is 32.5 Å². The van der Waals surface area contributed by atoms with Gasteiger partial charge in [-0.05, 0) is 26.0 Å². The van der Waals surface area contributed by atoms with Gasteiger partial charge >= 0.3 is 17.9 Å². The number of benzene rings is 1. The summed E-state index contributed by atoms with van der Waals surface area (Å²) in [6, 6.07) is 7.77. The van der Waals surface area contributed by atoms with Crippen molar-refractivity contribution in [1.82, 2.24) is 0 Å². The minimum atomic E-state index is -0.970. The summed E-state index contributed by atoms with van der Waals surface area (Å²) in [6.07, 6.45) is -3.35. The molecule has 1 aliphatic rings. The molecule has 148 valence electrons. The minimum absolute atomic E-state index is 0.543. The van der Waals surface area contributed by atoms with Gasteiger partial charge in [-0.15, -0.1) is 0 Å². The maximum Gasteiger partial charge on any atom is 0.303 e. The fourth-order valence-electron chi connectivity index (χ4n) is 2.82. The highest BCUT2D eigenvalue weighted by Crippen LogP contribution is 2.37. The monoisotopic (exact) mass is 396 g/mol. The van der Waals surface area contributed by atoms with Crippen molar-refractivity contribution in [2.24, 2.45) is 0 Å². The normalized spacial score (nSPS) is 27.5. The molecule has 0 saturated carbocycles.